The van der Waals surface area contributed by atoms with Gasteiger partial charge in [0.05, 0.1) is 0 Å². The van der Waals surface area contributed by atoms with Crippen LogP contribution in [0.1, 0.15) is 54.9 Å². The SMILES string of the molecule is N/C(=N\C(=O)OC1CCCC1)c1ccc(CNC(=O)C2CCN2C(=O)C(O)c2cc(Cl)cc(OC(F)(F)F)c2)cc1. The summed E-state index contributed by atoms with van der Waals surface area (Å²) in [7, 11) is 0. The van der Waals surface area contributed by atoms with Gasteiger partial charge in [0.25, 0.3) is 5.91 Å². The summed E-state index contributed by atoms with van der Waals surface area (Å²) in [4.78, 5) is 42.5. The van der Waals surface area contributed by atoms with Gasteiger partial charge < -0.3 is 30.5 Å². The Bertz CT molecular complexity index is 1320. The maximum Gasteiger partial charge on any atom is 0.573 e. The van der Waals surface area contributed by atoms with Crippen LogP contribution in [0.15, 0.2) is 47.5 Å². The summed E-state index contributed by atoms with van der Waals surface area (Å²) in [6, 6.07) is 8.68. The molecule has 2 fully saturated rings. The number of benzene rings is 2. The van der Waals surface area contributed by atoms with E-state index in [0.717, 1.165) is 48.8 Å². The molecule has 4 N–H and O–H groups in total. The molecule has 10 nitrogen and oxygen atoms in total. The fourth-order valence-corrected chi connectivity index (χ4v) is 4.83. The zero-order chi connectivity index (χ0) is 29.7. The first-order valence-electron chi connectivity index (χ1n) is 12.9. The molecule has 0 aromatic heterocycles. The van der Waals surface area contributed by atoms with Crippen molar-refractivity contribution in [2.75, 3.05) is 6.54 Å². The summed E-state index contributed by atoms with van der Waals surface area (Å²) in [6.45, 7) is 0.296. The Hall–Kier alpha value is -3.84. The van der Waals surface area contributed by atoms with Gasteiger partial charge in [-0.2, -0.15) is 4.99 Å². The van der Waals surface area contributed by atoms with Gasteiger partial charge in [-0.05, 0) is 61.4 Å². The highest BCUT2D eigenvalue weighted by atomic mass is 35.5. The number of carbonyl (C=O) groups excluding carboxylic acids is 3. The van der Waals surface area contributed by atoms with Gasteiger partial charge in [-0.15, -0.1) is 13.2 Å². The number of hydrogen-bond acceptors (Lipinski definition) is 6. The first-order valence-corrected chi connectivity index (χ1v) is 13.2. The Labute approximate surface area is 238 Å². The average molecular weight is 597 g/mol. The van der Waals surface area contributed by atoms with Gasteiger partial charge in [0.2, 0.25) is 5.91 Å². The molecule has 2 aromatic carbocycles. The zero-order valence-electron chi connectivity index (χ0n) is 21.7. The van der Waals surface area contributed by atoms with Crippen molar-refractivity contribution in [3.63, 3.8) is 0 Å². The molecule has 2 unspecified atom stereocenters. The second-order valence-electron chi connectivity index (χ2n) is 9.71. The number of hydrogen-bond donors (Lipinski definition) is 3. The Morgan fingerprint density at radius 2 is 1.80 bits per heavy atom. The quantitative estimate of drug-likeness (QED) is 0.309. The third kappa shape index (κ3) is 8.10. The van der Waals surface area contributed by atoms with Crippen LogP contribution < -0.4 is 15.8 Å². The molecule has 220 valence electrons. The van der Waals surface area contributed by atoms with Crippen molar-refractivity contribution in [1.82, 2.24) is 10.2 Å². The van der Waals surface area contributed by atoms with Crippen LogP contribution in [-0.2, 0) is 20.9 Å². The van der Waals surface area contributed by atoms with Crippen molar-refractivity contribution in [1.29, 1.82) is 0 Å². The number of nitrogens with two attached hydrogens (primary N) is 1. The standard InChI is InChI=1S/C27H28ClF3N4O6/c28-18-11-17(12-20(13-18)41-27(29,30)31)22(36)25(38)35-10-9-21(35)24(37)33-14-15-5-7-16(8-6-15)23(32)34-26(39)40-19-3-1-2-4-19/h5-8,11-13,19,21-22,36H,1-4,9-10,14H2,(H,33,37)(H2,32,34,39). The lowest BCUT2D eigenvalue weighted by molar-refractivity contribution is -0.274. The normalized spacial score (nSPS) is 18.4. The van der Waals surface area contributed by atoms with Crippen LogP contribution in [0.5, 0.6) is 5.75 Å². The van der Waals surface area contributed by atoms with E-state index in [4.69, 9.17) is 22.1 Å². The van der Waals surface area contributed by atoms with Gasteiger partial charge in [0, 0.05) is 23.7 Å². The molecule has 2 aromatic rings. The minimum absolute atomic E-state index is 0.00237. The molecular formula is C27H28ClF3N4O6. The molecule has 41 heavy (non-hydrogen) atoms. The number of rotatable bonds is 8. The lowest BCUT2D eigenvalue weighted by Crippen LogP contribution is -2.59. The topological polar surface area (TPSA) is 144 Å². The first kappa shape index (κ1) is 30.1. The number of amides is 3. The molecule has 1 saturated heterocycles. The highest BCUT2D eigenvalue weighted by molar-refractivity contribution is 6.30. The molecule has 2 atom stereocenters. The van der Waals surface area contributed by atoms with Gasteiger partial charge in [-0.25, -0.2) is 4.79 Å². The van der Waals surface area contributed by atoms with E-state index in [1.54, 1.807) is 24.3 Å². The van der Waals surface area contributed by atoms with E-state index in [0.29, 0.717) is 17.5 Å². The number of nitrogens with zero attached hydrogens (tertiary/aromatic N) is 2. The Balaban J connectivity index is 1.30. The van der Waals surface area contributed by atoms with Crippen molar-refractivity contribution in [3.05, 3.63) is 64.2 Å². The van der Waals surface area contributed by atoms with Crippen LogP contribution in [0.4, 0.5) is 18.0 Å². The lowest BCUT2D eigenvalue weighted by atomic mass is 9.98. The monoisotopic (exact) mass is 596 g/mol. The number of amidine groups is 1. The van der Waals surface area contributed by atoms with Gasteiger partial charge >= 0.3 is 12.5 Å². The minimum atomic E-state index is -4.99. The number of carbonyl (C=O) groups is 3. The van der Waals surface area contributed by atoms with E-state index in [-0.39, 0.29) is 35.6 Å². The second-order valence-corrected chi connectivity index (χ2v) is 10.1. The summed E-state index contributed by atoms with van der Waals surface area (Å²) in [5.41, 5.74) is 6.92. The van der Waals surface area contributed by atoms with Crippen molar-refractivity contribution < 1.29 is 42.1 Å². The van der Waals surface area contributed by atoms with Crippen LogP contribution >= 0.6 is 11.6 Å². The van der Waals surface area contributed by atoms with Crippen LogP contribution in [-0.4, -0.2) is 58.8 Å². The van der Waals surface area contributed by atoms with Crippen molar-refractivity contribution in [3.8, 4) is 5.75 Å². The van der Waals surface area contributed by atoms with E-state index in [1.807, 2.05) is 0 Å². The third-order valence-electron chi connectivity index (χ3n) is 6.78. The number of nitrogens with one attached hydrogen (secondary N) is 1. The van der Waals surface area contributed by atoms with Gasteiger partial charge in [0.1, 0.15) is 23.7 Å². The summed E-state index contributed by atoms with van der Waals surface area (Å²) >= 11 is 5.83. The highest BCUT2D eigenvalue weighted by Gasteiger charge is 2.40. The first-order chi connectivity index (χ1) is 19.4. The third-order valence-corrected chi connectivity index (χ3v) is 7.00. The molecule has 0 radical (unpaired) electrons. The summed E-state index contributed by atoms with van der Waals surface area (Å²) in [5, 5.41) is 13.1. The Kier molecular flexibility index (Phi) is 9.38. The van der Waals surface area contributed by atoms with E-state index >= 15 is 0 Å². The number of aliphatic hydroxyl groups excluding tert-OH is 1. The predicted octanol–water partition coefficient (Wildman–Crippen LogP) is 3.97. The average Bonchev–Trinajstić information content (AvgIpc) is 3.38. The zero-order valence-corrected chi connectivity index (χ0v) is 22.5. The molecule has 1 aliphatic heterocycles. The summed E-state index contributed by atoms with van der Waals surface area (Å²) < 4.78 is 46.8. The van der Waals surface area contributed by atoms with E-state index in [9.17, 15) is 32.7 Å². The van der Waals surface area contributed by atoms with Crippen molar-refractivity contribution >= 4 is 35.3 Å². The largest absolute Gasteiger partial charge is 0.573 e. The molecule has 3 amide bonds. The van der Waals surface area contributed by atoms with E-state index in [2.05, 4.69) is 15.0 Å². The van der Waals surface area contributed by atoms with Gasteiger partial charge in [-0.1, -0.05) is 35.9 Å². The smallest absolute Gasteiger partial charge is 0.445 e. The number of halogens is 4. The number of aliphatic imine (C=N–C) groups is 1. The van der Waals surface area contributed by atoms with Crippen LogP contribution in [0.3, 0.4) is 0 Å². The maximum atomic E-state index is 12.8. The number of likely N-dealkylation sites (tertiary alicyclic amines) is 1. The molecule has 1 heterocycles. The predicted molar refractivity (Wildman–Crippen MR) is 141 cm³/mol. The van der Waals surface area contributed by atoms with Crippen molar-refractivity contribution in [2.24, 2.45) is 10.7 Å². The highest BCUT2D eigenvalue weighted by Crippen LogP contribution is 2.31. The Morgan fingerprint density at radius 3 is 2.41 bits per heavy atom. The fraction of sp³-hybridized carbons (Fsp3) is 0.407. The molecule has 4 rings (SSSR count). The number of ether oxygens (including phenoxy) is 2. The lowest BCUT2D eigenvalue weighted by Gasteiger charge is -2.40. The minimum Gasteiger partial charge on any atom is -0.445 e. The molecule has 2 aliphatic rings. The second kappa shape index (κ2) is 12.8. The Morgan fingerprint density at radius 1 is 1.12 bits per heavy atom. The number of aliphatic hydroxyl groups is 1. The molecular weight excluding hydrogens is 569 g/mol. The van der Waals surface area contributed by atoms with Gasteiger partial charge in [0.15, 0.2) is 6.10 Å². The van der Waals surface area contributed by atoms with Crippen LogP contribution in [0.25, 0.3) is 0 Å². The van der Waals surface area contributed by atoms with Crippen LogP contribution in [0.2, 0.25) is 5.02 Å². The van der Waals surface area contributed by atoms with E-state index in [1.165, 1.54) is 0 Å². The van der Waals surface area contributed by atoms with Crippen LogP contribution in [0, 0.1) is 0 Å². The molecule has 1 saturated carbocycles. The van der Waals surface area contributed by atoms with E-state index < -0.39 is 42.2 Å². The van der Waals surface area contributed by atoms with Gasteiger partial charge in [-0.3, -0.25) is 9.59 Å². The molecule has 0 bridgehead atoms. The molecule has 1 aliphatic carbocycles. The number of alkyl halides is 3. The molecule has 0 spiro atoms. The maximum absolute atomic E-state index is 12.8. The van der Waals surface area contributed by atoms with Crippen molar-refractivity contribution in [2.45, 2.75) is 63.3 Å². The summed E-state index contributed by atoms with van der Waals surface area (Å²) in [5.74, 6) is -2.01. The fourth-order valence-electron chi connectivity index (χ4n) is 4.60. The molecule has 14 heteroatoms. The summed E-state index contributed by atoms with van der Waals surface area (Å²) in [6.07, 6.45) is -3.70.